The number of hydrogen-bond donors (Lipinski definition) is 0. The van der Waals surface area contributed by atoms with Crippen molar-refractivity contribution in [1.82, 2.24) is 14.7 Å². The zero-order chi connectivity index (χ0) is 13.8. The molecule has 1 aromatic heterocycles. The molecule has 1 aliphatic carbocycles. The third kappa shape index (κ3) is 4.29. The number of halogens is 1. The lowest BCUT2D eigenvalue weighted by Crippen LogP contribution is -2.24. The summed E-state index contributed by atoms with van der Waals surface area (Å²) in [6.45, 7) is 5.77. The highest BCUT2D eigenvalue weighted by atomic mass is 79.9. The Balaban J connectivity index is 1.77. The molecule has 0 spiro atoms. The van der Waals surface area contributed by atoms with Crippen LogP contribution in [0, 0.1) is 5.92 Å². The van der Waals surface area contributed by atoms with E-state index in [0.29, 0.717) is 0 Å². The van der Waals surface area contributed by atoms with E-state index < -0.39 is 0 Å². The Labute approximate surface area is 124 Å². The second kappa shape index (κ2) is 6.86. The van der Waals surface area contributed by atoms with E-state index in [9.17, 15) is 0 Å². The summed E-state index contributed by atoms with van der Waals surface area (Å²) in [5, 5.41) is 4.52. The lowest BCUT2D eigenvalue weighted by molar-refractivity contribution is 0.101. The molecule has 0 radical (unpaired) electrons. The Morgan fingerprint density at radius 2 is 2.21 bits per heavy atom. The van der Waals surface area contributed by atoms with E-state index in [2.05, 4.69) is 39.9 Å². The smallest absolute Gasteiger partial charge is 0.0767 e. The molecule has 1 fully saturated rings. The van der Waals surface area contributed by atoms with E-state index in [-0.39, 0.29) is 0 Å². The molecule has 0 aliphatic heterocycles. The van der Waals surface area contributed by atoms with Gasteiger partial charge in [0.2, 0.25) is 0 Å². The highest BCUT2D eigenvalue weighted by molar-refractivity contribution is 9.10. The molecular formula is C14H24BrN3O. The standard InChI is InChI=1S/C14H24BrN3O/c1-4-12-14(15)13(18(3)16-12)9-17(2)7-8-19-10-11-5-6-11/h11H,4-10H2,1-3H3. The minimum Gasteiger partial charge on any atom is -0.380 e. The van der Waals surface area contributed by atoms with Crippen molar-refractivity contribution in [2.24, 2.45) is 13.0 Å². The van der Waals surface area contributed by atoms with Crippen LogP contribution in [0.1, 0.15) is 31.2 Å². The normalized spacial score (nSPS) is 15.4. The summed E-state index contributed by atoms with van der Waals surface area (Å²) in [6, 6.07) is 0. The van der Waals surface area contributed by atoms with E-state index in [0.717, 1.165) is 48.8 Å². The fraction of sp³-hybridized carbons (Fsp3) is 0.786. The number of likely N-dealkylation sites (N-methyl/N-ethyl adjacent to an activating group) is 1. The topological polar surface area (TPSA) is 30.3 Å². The number of rotatable bonds is 8. The summed E-state index contributed by atoms with van der Waals surface area (Å²) in [5.41, 5.74) is 2.37. The van der Waals surface area contributed by atoms with Crippen molar-refractivity contribution >= 4 is 15.9 Å². The number of aromatic nitrogens is 2. The average molecular weight is 330 g/mol. The van der Waals surface area contributed by atoms with E-state index in [1.807, 2.05) is 11.7 Å². The Hall–Kier alpha value is -0.390. The number of aryl methyl sites for hydroxylation is 2. The molecule has 2 rings (SSSR count). The van der Waals surface area contributed by atoms with Crippen LogP contribution in [0.4, 0.5) is 0 Å². The van der Waals surface area contributed by atoms with Gasteiger partial charge in [0.25, 0.3) is 0 Å². The van der Waals surface area contributed by atoms with E-state index in [1.165, 1.54) is 18.5 Å². The highest BCUT2D eigenvalue weighted by Crippen LogP contribution is 2.28. The van der Waals surface area contributed by atoms with Gasteiger partial charge in [-0.25, -0.2) is 0 Å². The fourth-order valence-electron chi connectivity index (χ4n) is 2.08. The predicted octanol–water partition coefficient (Wildman–Crippen LogP) is 2.60. The number of hydrogen-bond acceptors (Lipinski definition) is 3. The minimum absolute atomic E-state index is 0.823. The van der Waals surface area contributed by atoms with Crippen LogP contribution < -0.4 is 0 Å². The van der Waals surface area contributed by atoms with Crippen molar-refractivity contribution in [2.75, 3.05) is 26.8 Å². The van der Waals surface area contributed by atoms with Crippen molar-refractivity contribution in [1.29, 1.82) is 0 Å². The second-order valence-corrected chi connectivity index (χ2v) is 6.23. The van der Waals surface area contributed by atoms with Crippen molar-refractivity contribution < 1.29 is 4.74 Å². The van der Waals surface area contributed by atoms with Gasteiger partial charge >= 0.3 is 0 Å². The maximum absolute atomic E-state index is 5.68. The largest absolute Gasteiger partial charge is 0.380 e. The maximum Gasteiger partial charge on any atom is 0.0767 e. The first kappa shape index (κ1) is 15.0. The average Bonchev–Trinajstić information content (AvgIpc) is 3.17. The molecular weight excluding hydrogens is 306 g/mol. The van der Waals surface area contributed by atoms with Crippen molar-refractivity contribution in [3.05, 3.63) is 15.9 Å². The van der Waals surface area contributed by atoms with Gasteiger partial charge < -0.3 is 4.74 Å². The van der Waals surface area contributed by atoms with Crippen LogP contribution in [-0.4, -0.2) is 41.5 Å². The summed E-state index contributed by atoms with van der Waals surface area (Å²) >= 11 is 3.66. The molecule has 1 aliphatic rings. The Bertz CT molecular complexity index is 415. The van der Waals surface area contributed by atoms with Crippen molar-refractivity contribution in [3.8, 4) is 0 Å². The Morgan fingerprint density at radius 1 is 1.47 bits per heavy atom. The summed E-state index contributed by atoms with van der Waals surface area (Å²) in [7, 11) is 4.14. The molecule has 108 valence electrons. The Kier molecular flexibility index (Phi) is 5.42. The quantitative estimate of drug-likeness (QED) is 0.687. The molecule has 4 nitrogen and oxygen atoms in total. The molecule has 0 amide bonds. The van der Waals surface area contributed by atoms with Crippen LogP contribution in [0.15, 0.2) is 4.47 Å². The first-order valence-electron chi connectivity index (χ1n) is 7.08. The molecule has 0 N–H and O–H groups in total. The second-order valence-electron chi connectivity index (χ2n) is 5.44. The van der Waals surface area contributed by atoms with E-state index in [4.69, 9.17) is 4.74 Å². The first-order chi connectivity index (χ1) is 9.11. The summed E-state index contributed by atoms with van der Waals surface area (Å²) in [6.07, 6.45) is 3.68. The lowest BCUT2D eigenvalue weighted by Gasteiger charge is -2.17. The molecule has 0 unspecified atom stereocenters. The Morgan fingerprint density at radius 3 is 2.79 bits per heavy atom. The molecule has 0 atom stereocenters. The van der Waals surface area contributed by atoms with Crippen LogP contribution in [0.5, 0.6) is 0 Å². The molecule has 1 heterocycles. The van der Waals surface area contributed by atoms with Gasteiger partial charge in [0.1, 0.15) is 0 Å². The van der Waals surface area contributed by atoms with Crippen LogP contribution in [-0.2, 0) is 24.8 Å². The minimum atomic E-state index is 0.823. The van der Waals surface area contributed by atoms with Crippen LogP contribution in [0.25, 0.3) is 0 Å². The third-order valence-electron chi connectivity index (χ3n) is 3.59. The first-order valence-corrected chi connectivity index (χ1v) is 7.87. The van der Waals surface area contributed by atoms with Gasteiger partial charge in [-0.15, -0.1) is 0 Å². The number of ether oxygens (including phenoxy) is 1. The summed E-state index contributed by atoms with van der Waals surface area (Å²) in [5.74, 6) is 0.851. The van der Waals surface area contributed by atoms with Gasteiger partial charge in [-0.3, -0.25) is 9.58 Å². The van der Waals surface area contributed by atoms with E-state index >= 15 is 0 Å². The lowest BCUT2D eigenvalue weighted by atomic mass is 10.3. The fourth-order valence-corrected chi connectivity index (χ4v) is 2.82. The predicted molar refractivity (Wildman–Crippen MR) is 80.2 cm³/mol. The molecule has 0 saturated heterocycles. The summed E-state index contributed by atoms with van der Waals surface area (Å²) in [4.78, 5) is 2.29. The van der Waals surface area contributed by atoms with Crippen molar-refractivity contribution in [3.63, 3.8) is 0 Å². The third-order valence-corrected chi connectivity index (χ3v) is 4.51. The molecule has 0 bridgehead atoms. The molecule has 19 heavy (non-hydrogen) atoms. The molecule has 1 saturated carbocycles. The van der Waals surface area contributed by atoms with Crippen LogP contribution in [0.2, 0.25) is 0 Å². The zero-order valence-corrected chi connectivity index (χ0v) is 13.7. The van der Waals surface area contributed by atoms with Gasteiger partial charge in [0.15, 0.2) is 0 Å². The molecule has 0 aromatic carbocycles. The monoisotopic (exact) mass is 329 g/mol. The summed E-state index contributed by atoms with van der Waals surface area (Å²) < 4.78 is 8.81. The van der Waals surface area contributed by atoms with Crippen LogP contribution in [0.3, 0.4) is 0 Å². The van der Waals surface area contributed by atoms with Gasteiger partial charge in [0, 0.05) is 26.7 Å². The molecule has 1 aromatic rings. The zero-order valence-electron chi connectivity index (χ0n) is 12.2. The van der Waals surface area contributed by atoms with Gasteiger partial charge in [0.05, 0.1) is 22.5 Å². The number of nitrogens with zero attached hydrogens (tertiary/aromatic N) is 3. The van der Waals surface area contributed by atoms with Gasteiger partial charge in [-0.1, -0.05) is 6.92 Å². The van der Waals surface area contributed by atoms with Crippen molar-refractivity contribution in [2.45, 2.75) is 32.7 Å². The highest BCUT2D eigenvalue weighted by Gasteiger charge is 2.21. The maximum atomic E-state index is 5.68. The van der Waals surface area contributed by atoms with E-state index in [1.54, 1.807) is 0 Å². The van der Waals surface area contributed by atoms with Crippen LogP contribution >= 0.6 is 15.9 Å². The van der Waals surface area contributed by atoms with Gasteiger partial charge in [-0.05, 0) is 48.2 Å². The molecule has 5 heteroatoms. The SMILES string of the molecule is CCc1nn(C)c(CN(C)CCOCC2CC2)c1Br. The van der Waals surface area contributed by atoms with Gasteiger partial charge in [-0.2, -0.15) is 5.10 Å².